The highest BCUT2D eigenvalue weighted by Crippen LogP contribution is 2.22. The number of ether oxygens (including phenoxy) is 1. The molecule has 0 saturated heterocycles. The van der Waals surface area contributed by atoms with Crippen LogP contribution in [-0.4, -0.2) is 25.6 Å². The molecule has 0 radical (unpaired) electrons. The fourth-order valence-electron chi connectivity index (χ4n) is 1.60. The molecule has 19 heavy (non-hydrogen) atoms. The lowest BCUT2D eigenvalue weighted by molar-refractivity contribution is -0.123. The second-order valence-corrected chi connectivity index (χ2v) is 4.42. The SMILES string of the molecule is CCC(C)NC(=O)COc1c(F)cccc1CNC. The lowest BCUT2D eigenvalue weighted by Gasteiger charge is -2.14. The molecule has 0 spiro atoms. The van der Waals surface area contributed by atoms with Gasteiger partial charge in [0, 0.05) is 18.2 Å². The monoisotopic (exact) mass is 268 g/mol. The molecule has 0 aliphatic rings. The Bertz CT molecular complexity index is 424. The predicted octanol–water partition coefficient (Wildman–Crippen LogP) is 1.84. The van der Waals surface area contributed by atoms with E-state index in [2.05, 4.69) is 10.6 Å². The van der Waals surface area contributed by atoms with Gasteiger partial charge in [-0.15, -0.1) is 0 Å². The number of rotatable bonds is 7. The first kappa shape index (κ1) is 15.4. The molecule has 1 atom stereocenters. The summed E-state index contributed by atoms with van der Waals surface area (Å²) >= 11 is 0. The summed E-state index contributed by atoms with van der Waals surface area (Å²) in [4.78, 5) is 11.6. The zero-order chi connectivity index (χ0) is 14.3. The molecule has 0 aromatic heterocycles. The third-order valence-electron chi connectivity index (χ3n) is 2.78. The summed E-state index contributed by atoms with van der Waals surface area (Å²) in [5.74, 6) is -0.562. The van der Waals surface area contributed by atoms with Crippen LogP contribution in [0.5, 0.6) is 5.75 Å². The van der Waals surface area contributed by atoms with Gasteiger partial charge in [-0.3, -0.25) is 4.79 Å². The van der Waals surface area contributed by atoms with E-state index in [1.807, 2.05) is 13.8 Å². The lowest BCUT2D eigenvalue weighted by Crippen LogP contribution is -2.35. The van der Waals surface area contributed by atoms with Crippen molar-refractivity contribution in [3.8, 4) is 5.75 Å². The van der Waals surface area contributed by atoms with Gasteiger partial charge in [0.15, 0.2) is 18.2 Å². The molecule has 0 bridgehead atoms. The first-order valence-electron chi connectivity index (χ1n) is 6.42. The number of hydrogen-bond acceptors (Lipinski definition) is 3. The van der Waals surface area contributed by atoms with E-state index in [0.717, 1.165) is 6.42 Å². The van der Waals surface area contributed by atoms with Gasteiger partial charge in [-0.1, -0.05) is 19.1 Å². The maximum atomic E-state index is 13.7. The van der Waals surface area contributed by atoms with Crippen molar-refractivity contribution < 1.29 is 13.9 Å². The van der Waals surface area contributed by atoms with Crippen LogP contribution in [0.1, 0.15) is 25.8 Å². The van der Waals surface area contributed by atoms with Gasteiger partial charge in [-0.25, -0.2) is 4.39 Å². The van der Waals surface area contributed by atoms with E-state index in [4.69, 9.17) is 4.74 Å². The van der Waals surface area contributed by atoms with Crippen molar-refractivity contribution in [3.63, 3.8) is 0 Å². The van der Waals surface area contributed by atoms with Gasteiger partial charge in [0.25, 0.3) is 5.91 Å². The molecule has 1 amide bonds. The van der Waals surface area contributed by atoms with Gasteiger partial charge in [0.2, 0.25) is 0 Å². The number of hydrogen-bond donors (Lipinski definition) is 2. The fourth-order valence-corrected chi connectivity index (χ4v) is 1.60. The molecule has 0 fully saturated rings. The Morgan fingerprint density at radius 2 is 2.21 bits per heavy atom. The fraction of sp³-hybridized carbons (Fsp3) is 0.500. The highest BCUT2D eigenvalue weighted by molar-refractivity contribution is 5.77. The van der Waals surface area contributed by atoms with E-state index in [1.54, 1.807) is 19.2 Å². The summed E-state index contributed by atoms with van der Waals surface area (Å²) in [6.45, 7) is 4.20. The molecular weight excluding hydrogens is 247 g/mol. The number of halogens is 1. The van der Waals surface area contributed by atoms with Gasteiger partial charge >= 0.3 is 0 Å². The molecule has 0 aliphatic carbocycles. The first-order chi connectivity index (χ1) is 9.08. The summed E-state index contributed by atoms with van der Waals surface area (Å²) in [6.07, 6.45) is 0.844. The van der Waals surface area contributed by atoms with Crippen LogP contribution in [0.15, 0.2) is 18.2 Å². The van der Waals surface area contributed by atoms with E-state index >= 15 is 0 Å². The number of para-hydroxylation sites is 1. The van der Waals surface area contributed by atoms with Gasteiger partial charge in [-0.05, 0) is 26.5 Å². The van der Waals surface area contributed by atoms with Crippen LogP contribution in [0.2, 0.25) is 0 Å². The van der Waals surface area contributed by atoms with Crippen LogP contribution in [0.3, 0.4) is 0 Å². The van der Waals surface area contributed by atoms with Crippen LogP contribution < -0.4 is 15.4 Å². The summed E-state index contributed by atoms with van der Waals surface area (Å²) < 4.78 is 19.0. The lowest BCUT2D eigenvalue weighted by atomic mass is 10.2. The van der Waals surface area contributed by atoms with E-state index in [0.29, 0.717) is 12.1 Å². The summed E-state index contributed by atoms with van der Waals surface area (Å²) in [5.41, 5.74) is 0.693. The van der Waals surface area contributed by atoms with Gasteiger partial charge < -0.3 is 15.4 Å². The number of carbonyl (C=O) groups excluding carboxylic acids is 1. The average Bonchev–Trinajstić information content (AvgIpc) is 2.38. The van der Waals surface area contributed by atoms with Crippen molar-refractivity contribution in [2.45, 2.75) is 32.9 Å². The van der Waals surface area contributed by atoms with Crippen LogP contribution in [-0.2, 0) is 11.3 Å². The van der Waals surface area contributed by atoms with E-state index in [-0.39, 0.29) is 24.3 Å². The number of nitrogens with one attached hydrogen (secondary N) is 2. The van der Waals surface area contributed by atoms with Crippen LogP contribution in [0.25, 0.3) is 0 Å². The quantitative estimate of drug-likeness (QED) is 0.793. The minimum absolute atomic E-state index is 0.0912. The largest absolute Gasteiger partial charge is 0.480 e. The molecule has 106 valence electrons. The van der Waals surface area contributed by atoms with Gasteiger partial charge in [0.05, 0.1) is 0 Å². The first-order valence-corrected chi connectivity index (χ1v) is 6.42. The highest BCUT2D eigenvalue weighted by atomic mass is 19.1. The Labute approximate surface area is 113 Å². The van der Waals surface area contributed by atoms with Crippen molar-refractivity contribution in [2.75, 3.05) is 13.7 Å². The molecule has 0 aliphatic heterocycles. The molecule has 2 N–H and O–H groups in total. The van der Waals surface area contributed by atoms with Crippen molar-refractivity contribution in [1.29, 1.82) is 0 Å². The third-order valence-corrected chi connectivity index (χ3v) is 2.78. The second kappa shape index (κ2) is 7.74. The van der Waals surface area contributed by atoms with Crippen LogP contribution in [0.4, 0.5) is 4.39 Å². The minimum atomic E-state index is -0.455. The molecule has 1 aromatic carbocycles. The normalized spacial score (nSPS) is 12.0. The van der Waals surface area contributed by atoms with E-state index < -0.39 is 5.82 Å². The number of amides is 1. The molecule has 1 unspecified atom stereocenters. The average molecular weight is 268 g/mol. The Kier molecular flexibility index (Phi) is 6.29. The van der Waals surface area contributed by atoms with Crippen molar-refractivity contribution in [2.24, 2.45) is 0 Å². The molecule has 0 saturated carbocycles. The topological polar surface area (TPSA) is 50.4 Å². The smallest absolute Gasteiger partial charge is 0.258 e. The van der Waals surface area contributed by atoms with E-state index in [9.17, 15) is 9.18 Å². The minimum Gasteiger partial charge on any atom is -0.480 e. The van der Waals surface area contributed by atoms with E-state index in [1.165, 1.54) is 6.07 Å². The number of carbonyl (C=O) groups is 1. The Morgan fingerprint density at radius 1 is 1.47 bits per heavy atom. The van der Waals surface area contributed by atoms with Crippen LogP contribution >= 0.6 is 0 Å². The van der Waals surface area contributed by atoms with Crippen molar-refractivity contribution >= 4 is 5.91 Å². The third kappa shape index (κ3) is 4.87. The number of benzene rings is 1. The molecule has 5 heteroatoms. The van der Waals surface area contributed by atoms with Crippen LogP contribution in [0, 0.1) is 5.82 Å². The molecule has 0 heterocycles. The Balaban J connectivity index is 2.64. The van der Waals surface area contributed by atoms with Crippen molar-refractivity contribution in [1.82, 2.24) is 10.6 Å². The molecular formula is C14H21FN2O2. The Morgan fingerprint density at radius 3 is 2.84 bits per heavy atom. The maximum absolute atomic E-state index is 13.7. The predicted molar refractivity (Wildman–Crippen MR) is 72.6 cm³/mol. The van der Waals surface area contributed by atoms with Gasteiger partial charge in [-0.2, -0.15) is 0 Å². The summed E-state index contributed by atoms with van der Waals surface area (Å²) in [7, 11) is 1.77. The highest BCUT2D eigenvalue weighted by Gasteiger charge is 2.12. The molecule has 1 aromatic rings. The summed E-state index contributed by atoms with van der Waals surface area (Å²) in [5, 5.41) is 5.70. The standard InChI is InChI=1S/C14H21FN2O2/c1-4-10(2)17-13(18)9-19-14-11(8-16-3)6-5-7-12(14)15/h5-7,10,16H,4,8-9H2,1-3H3,(H,17,18). The molecule has 4 nitrogen and oxygen atoms in total. The molecule has 1 rings (SSSR count). The Hall–Kier alpha value is -1.62. The van der Waals surface area contributed by atoms with Gasteiger partial charge in [0.1, 0.15) is 0 Å². The zero-order valence-electron chi connectivity index (χ0n) is 11.6. The maximum Gasteiger partial charge on any atom is 0.258 e. The zero-order valence-corrected chi connectivity index (χ0v) is 11.6. The summed E-state index contributed by atoms with van der Waals surface area (Å²) in [6, 6.07) is 4.80. The second-order valence-electron chi connectivity index (χ2n) is 4.42. The van der Waals surface area contributed by atoms with Crippen molar-refractivity contribution in [3.05, 3.63) is 29.6 Å².